The second-order valence-electron chi connectivity index (χ2n) is 34.5. The number of hydrogen-bond acceptors (Lipinski definition) is 4. The van der Waals surface area contributed by atoms with Gasteiger partial charge in [-0.3, -0.25) is 0 Å². The van der Waals surface area contributed by atoms with Crippen molar-refractivity contribution in [1.82, 2.24) is 0 Å². The zero-order valence-electron chi connectivity index (χ0n) is 67.5. The van der Waals surface area contributed by atoms with Crippen LogP contribution in [0, 0.1) is 122 Å². The van der Waals surface area contributed by atoms with E-state index in [0.29, 0.717) is 12.3 Å². The molecule has 0 aliphatic heterocycles. The largest absolute Gasteiger partial charge is 0.508 e. The predicted octanol–water partition coefficient (Wildman–Crippen LogP) is 25.0. The Morgan fingerprint density at radius 1 is 0.319 bits per heavy atom. The van der Waals surface area contributed by atoms with Crippen molar-refractivity contribution >= 4 is 5.69 Å². The SMILES string of the molecule is CCc1cc(C)c(C(C)(C)C)c(C)c1.Cc1cc(C)c(C(C)(C)C)c(C)c1.Cc1cc(CN)cc(C)c1C(C)(C)C.Cc1cc(N)cc(C)c1C(C)(C)C.Cc1cc(O)cc(C)c1C(C)(C)C.Cc1ccc(C#N)c(C(C)(C)C)c1C.Cc1ccc(C)c(C(C)(C)C)c1C. The summed E-state index contributed by atoms with van der Waals surface area (Å²) in [5.74, 6) is 0.364. The summed E-state index contributed by atoms with van der Waals surface area (Å²) in [4.78, 5) is 0. The van der Waals surface area contributed by atoms with E-state index >= 15 is 0 Å². The van der Waals surface area contributed by atoms with Crippen LogP contribution in [0.15, 0.2) is 84.9 Å². The van der Waals surface area contributed by atoms with E-state index in [0.717, 1.165) is 17.7 Å². The number of nitrogens with zero attached hydrogens (tertiary/aromatic N) is 1. The third kappa shape index (κ3) is 25.3. The smallest absolute Gasteiger partial charge is 0.116 e. The van der Waals surface area contributed by atoms with Gasteiger partial charge in [0.15, 0.2) is 0 Å². The van der Waals surface area contributed by atoms with Gasteiger partial charge in [0.25, 0.3) is 0 Å². The van der Waals surface area contributed by atoms with Crippen LogP contribution in [0.2, 0.25) is 0 Å². The Hall–Kier alpha value is -6.41. The quantitative estimate of drug-likeness (QED) is 0.150. The number of anilines is 1. The van der Waals surface area contributed by atoms with Gasteiger partial charge in [-0.1, -0.05) is 212 Å². The van der Waals surface area contributed by atoms with Crippen LogP contribution in [-0.2, 0) is 50.9 Å². The topological polar surface area (TPSA) is 96.1 Å². The number of aryl methyl sites for hydroxylation is 15. The second-order valence-corrected chi connectivity index (χ2v) is 34.5. The molecule has 7 aromatic carbocycles. The normalized spacial score (nSPS) is 11.7. The van der Waals surface area contributed by atoms with E-state index in [1.54, 1.807) is 0 Å². The molecule has 0 aliphatic rings. The Bertz CT molecular complexity index is 3340. The molecule has 0 saturated carbocycles. The number of phenols is 1. The molecule has 0 spiro atoms. The summed E-state index contributed by atoms with van der Waals surface area (Å²) < 4.78 is 0. The molecule has 4 nitrogen and oxygen atoms in total. The number of phenolic OH excluding ortho intramolecular Hbond substituents is 1. The van der Waals surface area contributed by atoms with Gasteiger partial charge in [-0.05, 0) is 319 Å². The van der Waals surface area contributed by atoms with Crippen molar-refractivity contribution in [1.29, 1.82) is 5.26 Å². The van der Waals surface area contributed by atoms with E-state index in [1.807, 2.05) is 50.2 Å². The number of nitrogens with two attached hydrogens (primary N) is 2. The van der Waals surface area contributed by atoms with Crippen molar-refractivity contribution in [3.8, 4) is 11.8 Å². The molecular formula is C90H137N3O. The maximum Gasteiger partial charge on any atom is 0.116 e. The Kier molecular flexibility index (Phi) is 31.0. The minimum atomic E-state index is 0.0428. The zero-order valence-corrected chi connectivity index (χ0v) is 67.5. The fraction of sp³-hybridized carbons (Fsp3) is 0.522. The first-order valence-electron chi connectivity index (χ1n) is 34.7. The van der Waals surface area contributed by atoms with Crippen LogP contribution in [0.1, 0.15) is 297 Å². The van der Waals surface area contributed by atoms with Gasteiger partial charge >= 0.3 is 0 Å². The number of aromatic hydroxyl groups is 1. The molecule has 0 radical (unpaired) electrons. The van der Waals surface area contributed by atoms with Crippen LogP contribution in [-0.4, -0.2) is 5.11 Å². The van der Waals surface area contributed by atoms with Crippen molar-refractivity contribution < 1.29 is 5.11 Å². The predicted molar refractivity (Wildman–Crippen MR) is 420 cm³/mol. The average molecular weight is 1280 g/mol. The third-order valence-electron chi connectivity index (χ3n) is 17.6. The highest BCUT2D eigenvalue weighted by Crippen LogP contribution is 2.36. The van der Waals surface area contributed by atoms with Gasteiger partial charge in [0, 0.05) is 12.2 Å². The van der Waals surface area contributed by atoms with Crippen LogP contribution < -0.4 is 11.5 Å². The molecule has 0 atom stereocenters. The molecule has 0 fully saturated rings. The van der Waals surface area contributed by atoms with Crippen LogP contribution >= 0.6 is 0 Å². The molecule has 94 heavy (non-hydrogen) atoms. The summed E-state index contributed by atoms with van der Waals surface area (Å²) in [6.45, 7) is 84.4. The van der Waals surface area contributed by atoms with Gasteiger partial charge in [-0.15, -0.1) is 0 Å². The summed E-state index contributed by atoms with van der Waals surface area (Å²) in [7, 11) is 0. The lowest BCUT2D eigenvalue weighted by Gasteiger charge is -2.25. The van der Waals surface area contributed by atoms with E-state index in [-0.39, 0.29) is 37.9 Å². The van der Waals surface area contributed by atoms with E-state index in [4.69, 9.17) is 16.7 Å². The van der Waals surface area contributed by atoms with Crippen molar-refractivity contribution in [3.05, 3.63) is 230 Å². The zero-order chi connectivity index (χ0) is 73.7. The van der Waals surface area contributed by atoms with Crippen molar-refractivity contribution in [3.63, 3.8) is 0 Å². The summed E-state index contributed by atoms with van der Waals surface area (Å²) >= 11 is 0. The molecule has 5 N–H and O–H groups in total. The monoisotopic (exact) mass is 1280 g/mol. The Morgan fingerprint density at radius 3 is 0.830 bits per heavy atom. The fourth-order valence-corrected chi connectivity index (χ4v) is 15.4. The molecule has 4 heteroatoms. The number of nitrogen functional groups attached to an aromatic ring is 1. The summed E-state index contributed by atoms with van der Waals surface area (Å²) in [6, 6.07) is 32.0. The van der Waals surface area contributed by atoms with E-state index in [2.05, 4.69) is 304 Å². The molecule has 0 aliphatic carbocycles. The van der Waals surface area contributed by atoms with Crippen LogP contribution in [0.25, 0.3) is 0 Å². The van der Waals surface area contributed by atoms with E-state index in [1.165, 1.54) is 139 Å². The maximum absolute atomic E-state index is 9.38. The summed E-state index contributed by atoms with van der Waals surface area (Å²) in [5.41, 5.74) is 48.6. The minimum Gasteiger partial charge on any atom is -0.508 e. The molecule has 0 saturated heterocycles. The van der Waals surface area contributed by atoms with Crippen molar-refractivity contribution in [2.24, 2.45) is 5.73 Å². The van der Waals surface area contributed by atoms with Gasteiger partial charge in [-0.2, -0.15) is 5.26 Å². The second kappa shape index (κ2) is 34.0. The first-order chi connectivity index (χ1) is 42.4. The van der Waals surface area contributed by atoms with Gasteiger partial charge in [-0.25, -0.2) is 0 Å². The van der Waals surface area contributed by atoms with Gasteiger partial charge in [0.1, 0.15) is 5.75 Å². The lowest BCUT2D eigenvalue weighted by Crippen LogP contribution is -2.16. The number of benzene rings is 7. The molecule has 7 rings (SSSR count). The van der Waals surface area contributed by atoms with E-state index in [9.17, 15) is 5.11 Å². The Morgan fingerprint density at radius 2 is 0.564 bits per heavy atom. The third-order valence-corrected chi connectivity index (χ3v) is 17.6. The molecule has 0 unspecified atom stereocenters. The minimum absolute atomic E-state index is 0.0428. The highest BCUT2D eigenvalue weighted by atomic mass is 16.3. The lowest BCUT2D eigenvalue weighted by atomic mass is 9.80. The standard InChI is InChI=1S/C14H22.C13H21N.C13H17N.2C13H20.C12H19N.C12H18O/c1-7-12-8-10(2)13(11(3)9-12)14(4,5)6;1-9-6-11(8-14)7-10(2)12(9)13(3,4)5;1-9-6-7-11(8-14)12(10(9)2)13(3,4)5;1-9-7-10(2)12(11(3)8-9)13(4,5)6;1-9-7-8-10(2)12(11(9)3)13(4,5)6;2*1-8-6-10(13)7-9(2)11(8)12(3,4)5/h8-9H,7H2,1-6H3;6-7H,8,14H2,1-5H3;6-7H,1-5H3;2*7-8H,1-6H3;6-7H,13H2,1-5H3;6-7,13H,1-5H3. The van der Waals surface area contributed by atoms with Crippen LogP contribution in [0.4, 0.5) is 5.69 Å². The average Bonchev–Trinajstić information content (AvgIpc) is 0.877. The van der Waals surface area contributed by atoms with E-state index < -0.39 is 0 Å². The van der Waals surface area contributed by atoms with Crippen LogP contribution in [0.3, 0.4) is 0 Å². The van der Waals surface area contributed by atoms with Gasteiger partial charge < -0.3 is 16.6 Å². The highest BCUT2D eigenvalue weighted by Gasteiger charge is 2.25. The lowest BCUT2D eigenvalue weighted by molar-refractivity contribution is 0.472. The first-order valence-corrected chi connectivity index (χ1v) is 34.7. The fourth-order valence-electron chi connectivity index (χ4n) is 15.4. The van der Waals surface area contributed by atoms with Gasteiger partial charge in [0.05, 0.1) is 11.6 Å². The van der Waals surface area contributed by atoms with Crippen molar-refractivity contribution in [2.75, 3.05) is 5.73 Å². The molecule has 518 valence electrons. The van der Waals surface area contributed by atoms with Gasteiger partial charge in [0.2, 0.25) is 0 Å². The molecule has 0 aromatic heterocycles. The molecular weight excluding hydrogens is 1140 g/mol. The number of hydrogen-bond donors (Lipinski definition) is 3. The molecule has 0 heterocycles. The molecule has 0 bridgehead atoms. The number of nitriles is 1. The Balaban J connectivity index is 0.000000548. The maximum atomic E-state index is 9.38. The van der Waals surface area contributed by atoms with Crippen LogP contribution in [0.5, 0.6) is 5.75 Å². The summed E-state index contributed by atoms with van der Waals surface area (Å²) in [6.07, 6.45) is 1.13. The number of rotatable bonds is 2. The Labute approximate surface area is 579 Å². The first kappa shape index (κ1) is 85.6. The highest BCUT2D eigenvalue weighted by molar-refractivity contribution is 5.52. The van der Waals surface area contributed by atoms with Crippen molar-refractivity contribution in [2.45, 2.75) is 314 Å². The molecule has 7 aromatic rings. The summed E-state index contributed by atoms with van der Waals surface area (Å²) in [5, 5.41) is 18.4. The molecule has 0 amide bonds.